The summed E-state index contributed by atoms with van der Waals surface area (Å²) in [5.74, 6) is 0. The van der Waals surface area contributed by atoms with Crippen LogP contribution in [0.1, 0.15) is 24.3 Å². The first-order chi connectivity index (χ1) is 6.77. The molecule has 0 aliphatic carbocycles. The molecule has 2 aromatic heterocycles. The lowest BCUT2D eigenvalue weighted by atomic mass is 10.2. The maximum absolute atomic E-state index is 9.50. The maximum atomic E-state index is 9.50. The van der Waals surface area contributed by atoms with Crippen molar-refractivity contribution in [3.05, 3.63) is 46.4 Å². The fourth-order valence-electron chi connectivity index (χ4n) is 1.53. The lowest BCUT2D eigenvalue weighted by molar-refractivity contribution is 0.190. The molecule has 74 valence electrons. The van der Waals surface area contributed by atoms with Crippen LogP contribution in [0.4, 0.5) is 0 Å². The van der Waals surface area contributed by atoms with Crippen LogP contribution in [0.3, 0.4) is 0 Å². The van der Waals surface area contributed by atoms with Crippen LogP contribution in [-0.4, -0.2) is 9.67 Å². The van der Waals surface area contributed by atoms with Gasteiger partial charge in [0.1, 0.15) is 0 Å². The highest BCUT2D eigenvalue weighted by molar-refractivity contribution is 7.07. The van der Waals surface area contributed by atoms with Crippen molar-refractivity contribution in [3.8, 4) is 0 Å². The van der Waals surface area contributed by atoms with E-state index in [9.17, 15) is 5.11 Å². The summed E-state index contributed by atoms with van der Waals surface area (Å²) < 4.78 is 2.08. The second-order valence-corrected chi connectivity index (χ2v) is 4.15. The Hall–Kier alpha value is -1.06. The van der Waals surface area contributed by atoms with Gasteiger partial charge in [0.05, 0.1) is 6.10 Å². The van der Waals surface area contributed by atoms with Crippen molar-refractivity contribution in [2.75, 3.05) is 0 Å². The predicted octanol–water partition coefficient (Wildman–Crippen LogP) is 2.65. The van der Waals surface area contributed by atoms with Gasteiger partial charge in [0, 0.05) is 18.4 Å². The van der Waals surface area contributed by atoms with Gasteiger partial charge < -0.3 is 9.67 Å². The van der Waals surface area contributed by atoms with Crippen LogP contribution in [0.2, 0.25) is 0 Å². The van der Waals surface area contributed by atoms with E-state index in [1.165, 1.54) is 5.56 Å². The molecule has 0 amide bonds. The summed E-state index contributed by atoms with van der Waals surface area (Å²) >= 11 is 1.70. The zero-order chi connectivity index (χ0) is 9.97. The molecule has 2 heterocycles. The van der Waals surface area contributed by atoms with Gasteiger partial charge in [0.15, 0.2) is 0 Å². The molecule has 0 spiro atoms. The third-order valence-corrected chi connectivity index (χ3v) is 2.96. The van der Waals surface area contributed by atoms with Gasteiger partial charge in [-0.1, -0.05) is 0 Å². The Morgan fingerprint density at radius 3 is 3.00 bits per heavy atom. The van der Waals surface area contributed by atoms with Crippen LogP contribution < -0.4 is 0 Å². The molecule has 0 saturated carbocycles. The third-order valence-electron chi connectivity index (χ3n) is 2.23. The van der Waals surface area contributed by atoms with Crippen LogP contribution in [0.25, 0.3) is 0 Å². The van der Waals surface area contributed by atoms with Crippen molar-refractivity contribution < 1.29 is 5.11 Å². The highest BCUT2D eigenvalue weighted by Crippen LogP contribution is 2.15. The van der Waals surface area contributed by atoms with Crippen molar-refractivity contribution in [1.29, 1.82) is 0 Å². The summed E-state index contributed by atoms with van der Waals surface area (Å²) in [5.41, 5.74) is 2.25. The largest absolute Gasteiger partial charge is 0.387 e. The van der Waals surface area contributed by atoms with Gasteiger partial charge in [-0.25, -0.2) is 0 Å². The van der Waals surface area contributed by atoms with Crippen LogP contribution in [0.5, 0.6) is 0 Å². The molecule has 0 saturated heterocycles. The van der Waals surface area contributed by atoms with Crippen molar-refractivity contribution in [3.63, 3.8) is 0 Å². The highest BCUT2D eigenvalue weighted by atomic mass is 32.1. The summed E-state index contributed by atoms with van der Waals surface area (Å²) in [5, 5.41) is 13.7. The zero-order valence-electron chi connectivity index (χ0n) is 8.05. The monoisotopic (exact) mass is 207 g/mol. The molecule has 0 radical (unpaired) electrons. The van der Waals surface area contributed by atoms with E-state index in [4.69, 9.17) is 0 Å². The van der Waals surface area contributed by atoms with Gasteiger partial charge in [0.2, 0.25) is 0 Å². The summed E-state index contributed by atoms with van der Waals surface area (Å²) in [6, 6.07) is 6.03. The number of thiophene rings is 1. The fourth-order valence-corrected chi connectivity index (χ4v) is 2.19. The molecule has 0 fully saturated rings. The van der Waals surface area contributed by atoms with Crippen LogP contribution in [0, 0.1) is 0 Å². The molecule has 2 aromatic rings. The number of hydrogen-bond donors (Lipinski definition) is 1. The van der Waals surface area contributed by atoms with E-state index in [1.807, 2.05) is 18.3 Å². The lowest BCUT2D eigenvalue weighted by Gasteiger charge is -2.10. The molecule has 0 aliphatic rings. The Morgan fingerprint density at radius 1 is 1.50 bits per heavy atom. The molecular weight excluding hydrogens is 194 g/mol. The van der Waals surface area contributed by atoms with Crippen molar-refractivity contribution >= 4 is 11.3 Å². The molecule has 0 bridgehead atoms. The van der Waals surface area contributed by atoms with Crippen molar-refractivity contribution in [2.24, 2.45) is 0 Å². The number of nitrogens with zero attached hydrogens (tertiary/aromatic N) is 1. The smallest absolute Gasteiger partial charge is 0.0911 e. The summed E-state index contributed by atoms with van der Waals surface area (Å²) in [4.78, 5) is 0. The minimum absolute atomic E-state index is 0.399. The topological polar surface area (TPSA) is 25.2 Å². The van der Waals surface area contributed by atoms with Gasteiger partial charge in [-0.05, 0) is 41.4 Å². The van der Waals surface area contributed by atoms with E-state index < -0.39 is 6.10 Å². The predicted molar refractivity (Wildman–Crippen MR) is 58.5 cm³/mol. The van der Waals surface area contributed by atoms with Crippen molar-refractivity contribution in [2.45, 2.75) is 19.6 Å². The normalized spacial score (nSPS) is 13.0. The number of hydrogen-bond acceptors (Lipinski definition) is 2. The Balaban J connectivity index is 2.21. The molecule has 2 nitrogen and oxygen atoms in total. The SMILES string of the molecule is CC(O)c1cccn1Cc1ccsc1. The fraction of sp³-hybridized carbons (Fsp3) is 0.273. The molecule has 0 aromatic carbocycles. The average molecular weight is 207 g/mol. The Morgan fingerprint density at radius 2 is 2.36 bits per heavy atom. The van der Waals surface area contributed by atoms with Crippen LogP contribution in [-0.2, 0) is 6.54 Å². The van der Waals surface area contributed by atoms with E-state index in [1.54, 1.807) is 18.3 Å². The standard InChI is InChI=1S/C11H13NOS/c1-9(13)11-3-2-5-12(11)7-10-4-6-14-8-10/h2-6,8-9,13H,7H2,1H3. The van der Waals surface area contributed by atoms with E-state index in [-0.39, 0.29) is 0 Å². The molecule has 1 atom stereocenters. The first kappa shape index (κ1) is 9.49. The molecule has 14 heavy (non-hydrogen) atoms. The van der Waals surface area contributed by atoms with Gasteiger partial charge in [0.25, 0.3) is 0 Å². The maximum Gasteiger partial charge on any atom is 0.0911 e. The average Bonchev–Trinajstić information content (AvgIpc) is 2.75. The number of aromatic nitrogens is 1. The van der Waals surface area contributed by atoms with Gasteiger partial charge >= 0.3 is 0 Å². The molecule has 1 unspecified atom stereocenters. The first-order valence-corrected chi connectivity index (χ1v) is 5.56. The van der Waals surface area contributed by atoms with Gasteiger partial charge in [-0.3, -0.25) is 0 Å². The molecule has 0 aliphatic heterocycles. The molecule has 1 N–H and O–H groups in total. The number of rotatable bonds is 3. The summed E-state index contributed by atoms with van der Waals surface area (Å²) in [6.07, 6.45) is 1.60. The number of aliphatic hydroxyl groups excluding tert-OH is 1. The summed E-state index contributed by atoms with van der Waals surface area (Å²) in [7, 11) is 0. The Kier molecular flexibility index (Phi) is 2.70. The first-order valence-electron chi connectivity index (χ1n) is 4.61. The van der Waals surface area contributed by atoms with Gasteiger partial charge in [-0.15, -0.1) is 0 Å². The Labute approximate surface area is 87.4 Å². The van der Waals surface area contributed by atoms with Crippen LogP contribution in [0.15, 0.2) is 35.2 Å². The quantitative estimate of drug-likeness (QED) is 0.822. The Bertz CT molecular complexity index is 389. The second-order valence-electron chi connectivity index (χ2n) is 3.37. The third kappa shape index (κ3) is 1.89. The van der Waals surface area contributed by atoms with Gasteiger partial charge in [-0.2, -0.15) is 11.3 Å². The minimum Gasteiger partial charge on any atom is -0.387 e. The minimum atomic E-state index is -0.399. The van der Waals surface area contributed by atoms with E-state index in [0.29, 0.717) is 0 Å². The van der Waals surface area contributed by atoms with E-state index >= 15 is 0 Å². The zero-order valence-corrected chi connectivity index (χ0v) is 8.87. The molecular formula is C11H13NOS. The van der Waals surface area contributed by atoms with Crippen LogP contribution >= 0.6 is 11.3 Å². The number of aliphatic hydroxyl groups is 1. The van der Waals surface area contributed by atoms with Crippen molar-refractivity contribution in [1.82, 2.24) is 4.57 Å². The lowest BCUT2D eigenvalue weighted by Crippen LogP contribution is -2.04. The van der Waals surface area contributed by atoms with E-state index in [2.05, 4.69) is 21.4 Å². The van der Waals surface area contributed by atoms with E-state index in [0.717, 1.165) is 12.2 Å². The molecule has 3 heteroatoms. The molecule has 2 rings (SSSR count). The highest BCUT2D eigenvalue weighted by Gasteiger charge is 2.06. The summed E-state index contributed by atoms with van der Waals surface area (Å²) in [6.45, 7) is 2.64. The second kappa shape index (κ2) is 3.98.